The second kappa shape index (κ2) is 8.92. The van der Waals surface area contributed by atoms with Crippen LogP contribution in [0, 0.1) is 28.6 Å². The number of hydrogen-bond donors (Lipinski definition) is 0. The highest BCUT2D eigenvalue weighted by atomic mass is 16.5. The zero-order chi connectivity index (χ0) is 24.3. The molecule has 4 fully saturated rings. The number of carbonyl (C=O) groups is 2. The van der Waals surface area contributed by atoms with E-state index in [1.807, 2.05) is 0 Å². The molecule has 0 bridgehead atoms. The second-order valence-electron chi connectivity index (χ2n) is 12.5. The summed E-state index contributed by atoms with van der Waals surface area (Å²) in [7, 11) is 2.20. The van der Waals surface area contributed by atoms with Crippen LogP contribution in [0.4, 0.5) is 0 Å². The van der Waals surface area contributed by atoms with Crippen LogP contribution in [-0.4, -0.2) is 73.2 Å². The summed E-state index contributed by atoms with van der Waals surface area (Å²) < 4.78 is 11.8. The van der Waals surface area contributed by atoms with Gasteiger partial charge >= 0.3 is 11.9 Å². The standard InChI is InChI=1S/C28H44N2O4/c1-18(31)33-21-8-10-27(3)20(16-21)6-7-22-23(27)9-11-28(4)24(22)17-25(26(28)34-19(2)32)30-14-12-29(5)13-15-30/h6,21-26H,7-17H2,1-5H3/t21-,22+,23-,24-,25-,26-,27-,28-/m0/s1. The van der Waals surface area contributed by atoms with E-state index in [0.29, 0.717) is 23.8 Å². The number of fused-ring (bicyclic) bond motifs is 5. The summed E-state index contributed by atoms with van der Waals surface area (Å²) in [6, 6.07) is 0.337. The topological polar surface area (TPSA) is 59.1 Å². The summed E-state index contributed by atoms with van der Waals surface area (Å²) in [6.07, 6.45) is 10.1. The molecule has 0 N–H and O–H groups in total. The van der Waals surface area contributed by atoms with Crippen molar-refractivity contribution in [1.29, 1.82) is 0 Å². The summed E-state index contributed by atoms with van der Waals surface area (Å²) in [4.78, 5) is 28.8. The number of esters is 2. The number of allylic oxidation sites excluding steroid dienone is 1. The minimum absolute atomic E-state index is 0.00255. The number of hydrogen-bond acceptors (Lipinski definition) is 6. The van der Waals surface area contributed by atoms with Gasteiger partial charge in [0.25, 0.3) is 0 Å². The van der Waals surface area contributed by atoms with E-state index in [0.717, 1.165) is 64.7 Å². The predicted octanol–water partition coefficient (Wildman–Crippen LogP) is 4.04. The van der Waals surface area contributed by atoms with Crippen LogP contribution in [0.15, 0.2) is 11.6 Å². The van der Waals surface area contributed by atoms with Crippen molar-refractivity contribution >= 4 is 11.9 Å². The largest absolute Gasteiger partial charge is 0.462 e. The van der Waals surface area contributed by atoms with E-state index in [9.17, 15) is 9.59 Å². The van der Waals surface area contributed by atoms with Crippen molar-refractivity contribution in [2.45, 2.75) is 90.9 Å². The van der Waals surface area contributed by atoms with Crippen LogP contribution < -0.4 is 0 Å². The molecule has 8 atom stereocenters. The molecule has 6 heteroatoms. The average Bonchev–Trinajstić information content (AvgIpc) is 3.06. The monoisotopic (exact) mass is 472 g/mol. The Balaban J connectivity index is 1.41. The minimum Gasteiger partial charge on any atom is -0.462 e. The first-order valence-corrected chi connectivity index (χ1v) is 13.6. The number of rotatable bonds is 3. The molecule has 0 unspecified atom stereocenters. The average molecular weight is 473 g/mol. The van der Waals surface area contributed by atoms with Crippen LogP contribution in [0.25, 0.3) is 0 Å². The van der Waals surface area contributed by atoms with E-state index in [-0.39, 0.29) is 35.0 Å². The molecule has 190 valence electrons. The highest BCUT2D eigenvalue weighted by molar-refractivity contribution is 5.66. The van der Waals surface area contributed by atoms with Gasteiger partial charge in [0.05, 0.1) is 0 Å². The molecule has 0 aromatic heterocycles. The second-order valence-corrected chi connectivity index (χ2v) is 12.5. The van der Waals surface area contributed by atoms with Crippen molar-refractivity contribution in [3.63, 3.8) is 0 Å². The quantitative estimate of drug-likeness (QED) is 0.456. The fourth-order valence-corrected chi connectivity index (χ4v) is 8.82. The van der Waals surface area contributed by atoms with Crippen LogP contribution >= 0.6 is 0 Å². The van der Waals surface area contributed by atoms with Crippen molar-refractivity contribution in [3.8, 4) is 0 Å². The van der Waals surface area contributed by atoms with Crippen molar-refractivity contribution < 1.29 is 19.1 Å². The summed E-state index contributed by atoms with van der Waals surface area (Å²) in [5.41, 5.74) is 1.79. The Bertz CT molecular complexity index is 849. The molecular weight excluding hydrogens is 428 g/mol. The lowest BCUT2D eigenvalue weighted by Gasteiger charge is -2.57. The predicted molar refractivity (Wildman–Crippen MR) is 131 cm³/mol. The number of likely N-dealkylation sites (N-methyl/N-ethyl adjacent to an activating group) is 1. The Morgan fingerprint density at radius 1 is 0.971 bits per heavy atom. The van der Waals surface area contributed by atoms with Crippen LogP contribution in [0.3, 0.4) is 0 Å². The first kappa shape index (κ1) is 24.3. The molecule has 1 heterocycles. The zero-order valence-corrected chi connectivity index (χ0v) is 21.8. The van der Waals surface area contributed by atoms with E-state index in [2.05, 4.69) is 36.8 Å². The Hall–Kier alpha value is -1.40. The number of piperazine rings is 1. The molecule has 3 saturated carbocycles. The summed E-state index contributed by atoms with van der Waals surface area (Å²) >= 11 is 0. The number of carbonyl (C=O) groups excluding carboxylic acids is 2. The van der Waals surface area contributed by atoms with Gasteiger partial charge in [-0.2, -0.15) is 0 Å². The lowest BCUT2D eigenvalue weighted by Crippen LogP contribution is -2.55. The molecule has 0 amide bonds. The highest BCUT2D eigenvalue weighted by Crippen LogP contribution is 2.65. The van der Waals surface area contributed by atoms with Crippen molar-refractivity contribution in [2.24, 2.45) is 28.6 Å². The lowest BCUT2D eigenvalue weighted by atomic mass is 9.48. The van der Waals surface area contributed by atoms with E-state index in [4.69, 9.17) is 9.47 Å². The molecule has 0 radical (unpaired) electrons. The maximum atomic E-state index is 12.2. The van der Waals surface area contributed by atoms with Gasteiger partial charge < -0.3 is 14.4 Å². The van der Waals surface area contributed by atoms with Gasteiger partial charge in [0.15, 0.2) is 0 Å². The van der Waals surface area contributed by atoms with Crippen LogP contribution in [0.2, 0.25) is 0 Å². The van der Waals surface area contributed by atoms with Crippen LogP contribution in [0.1, 0.15) is 72.6 Å². The van der Waals surface area contributed by atoms with E-state index in [1.165, 1.54) is 18.9 Å². The molecule has 1 aliphatic heterocycles. The summed E-state index contributed by atoms with van der Waals surface area (Å²) in [6.45, 7) is 12.3. The lowest BCUT2D eigenvalue weighted by molar-refractivity contribution is -0.161. The fourth-order valence-electron chi connectivity index (χ4n) is 8.82. The van der Waals surface area contributed by atoms with Gasteiger partial charge in [-0.15, -0.1) is 0 Å². The van der Waals surface area contributed by atoms with Crippen molar-refractivity contribution in [1.82, 2.24) is 9.80 Å². The highest BCUT2D eigenvalue weighted by Gasteiger charge is 2.63. The molecule has 5 rings (SSSR count). The Morgan fingerprint density at radius 2 is 1.68 bits per heavy atom. The van der Waals surface area contributed by atoms with Gasteiger partial charge in [-0.1, -0.05) is 25.5 Å². The van der Waals surface area contributed by atoms with Gasteiger partial charge in [0.2, 0.25) is 0 Å². The van der Waals surface area contributed by atoms with Crippen molar-refractivity contribution in [3.05, 3.63) is 11.6 Å². The molecule has 5 aliphatic rings. The minimum atomic E-state index is -0.159. The molecular formula is C28H44N2O4. The van der Waals surface area contributed by atoms with Gasteiger partial charge in [-0.25, -0.2) is 0 Å². The van der Waals surface area contributed by atoms with Crippen LogP contribution in [-0.2, 0) is 19.1 Å². The SMILES string of the molecule is CC(=O)O[C@H]1CC[C@@]2(C)C(=CC[C@H]3[C@@H]4C[C@H](N5CCN(C)CC5)[C@H](OC(C)=O)[C@@]4(C)CC[C@@H]32)C1. The number of ether oxygens (including phenoxy) is 2. The molecule has 0 spiro atoms. The van der Waals surface area contributed by atoms with Gasteiger partial charge in [0, 0.05) is 57.9 Å². The molecule has 4 aliphatic carbocycles. The summed E-state index contributed by atoms with van der Waals surface area (Å²) in [5, 5.41) is 0. The molecule has 34 heavy (non-hydrogen) atoms. The van der Waals surface area contributed by atoms with Crippen molar-refractivity contribution in [2.75, 3.05) is 33.2 Å². The molecule has 1 saturated heterocycles. The van der Waals surface area contributed by atoms with E-state index in [1.54, 1.807) is 6.92 Å². The fraction of sp³-hybridized carbons (Fsp3) is 0.857. The first-order valence-electron chi connectivity index (χ1n) is 13.6. The normalized spacial score (nSPS) is 44.9. The van der Waals surface area contributed by atoms with Gasteiger partial charge in [0.1, 0.15) is 12.2 Å². The Labute approximate surface area is 205 Å². The van der Waals surface area contributed by atoms with Gasteiger partial charge in [-0.05, 0) is 68.7 Å². The van der Waals surface area contributed by atoms with E-state index < -0.39 is 0 Å². The van der Waals surface area contributed by atoms with Crippen LogP contribution in [0.5, 0.6) is 0 Å². The Morgan fingerprint density at radius 3 is 2.35 bits per heavy atom. The van der Waals surface area contributed by atoms with Gasteiger partial charge in [-0.3, -0.25) is 14.5 Å². The number of nitrogens with zero attached hydrogens (tertiary/aromatic N) is 2. The van der Waals surface area contributed by atoms with E-state index >= 15 is 0 Å². The third kappa shape index (κ3) is 4.03. The third-order valence-corrected chi connectivity index (χ3v) is 10.6. The summed E-state index contributed by atoms with van der Waals surface area (Å²) in [5.74, 6) is 1.62. The first-order chi connectivity index (χ1) is 16.1. The molecule has 0 aromatic rings. The smallest absolute Gasteiger partial charge is 0.302 e. The maximum absolute atomic E-state index is 12.2. The third-order valence-electron chi connectivity index (χ3n) is 10.6. The molecule has 0 aromatic carbocycles. The Kier molecular flexibility index (Phi) is 6.37. The molecule has 6 nitrogen and oxygen atoms in total. The zero-order valence-electron chi connectivity index (χ0n) is 21.8. The maximum Gasteiger partial charge on any atom is 0.302 e.